The molecule has 2 N–H and O–H groups in total. The largest absolute Gasteiger partial charge is 0.354 e. The molecule has 0 unspecified atom stereocenters. The van der Waals surface area contributed by atoms with Crippen molar-refractivity contribution in [1.82, 2.24) is 4.98 Å². The Balaban J connectivity index is 1.94. The van der Waals surface area contributed by atoms with Crippen LogP contribution in [0.15, 0.2) is 53.3 Å². The number of fused-ring (bicyclic) bond motifs is 1. The lowest BCUT2D eigenvalue weighted by atomic mass is 10.0. The van der Waals surface area contributed by atoms with Gasteiger partial charge >= 0.3 is 0 Å². The molecular weight excluding hydrogens is 296 g/mol. The van der Waals surface area contributed by atoms with Crippen molar-refractivity contribution in [2.45, 2.75) is 26.3 Å². The second-order valence-corrected chi connectivity index (χ2v) is 6.86. The number of aromatic nitrogens is 1. The quantitative estimate of drug-likeness (QED) is 0.765. The summed E-state index contributed by atoms with van der Waals surface area (Å²) >= 11 is 0. The topological polar surface area (TPSA) is 37.3 Å². The maximum absolute atomic E-state index is 13.2. The van der Waals surface area contributed by atoms with Crippen LogP contribution in [-0.4, -0.2) is 18.1 Å². The number of hydrogen-bond donors (Lipinski definition) is 2. The first-order valence-electron chi connectivity index (χ1n) is 8.77. The number of likely N-dealkylation sites (tertiary alicyclic amines) is 1. The lowest BCUT2D eigenvalue weighted by Crippen LogP contribution is -3.08. The standard InChI is InChI=1S/C21H22N2O/c1-15-9-10-19-17(13-15)21(24)18(14-23-11-5-6-12-23)20(22-19)16-7-3-2-4-8-16/h2-4,7-10,13H,5-6,11-12,14H2,1H3,(H,22,24)/p+1. The summed E-state index contributed by atoms with van der Waals surface area (Å²) in [7, 11) is 0. The molecule has 0 radical (unpaired) electrons. The maximum atomic E-state index is 13.2. The summed E-state index contributed by atoms with van der Waals surface area (Å²) in [6.45, 7) is 5.18. The molecule has 4 rings (SSSR count). The maximum Gasteiger partial charge on any atom is 0.198 e. The molecule has 24 heavy (non-hydrogen) atoms. The number of benzene rings is 2. The Morgan fingerprint density at radius 1 is 1.04 bits per heavy atom. The van der Waals surface area contributed by atoms with Crippen molar-refractivity contribution in [3.63, 3.8) is 0 Å². The number of quaternary nitrogens is 1. The predicted molar refractivity (Wildman–Crippen MR) is 98.4 cm³/mol. The van der Waals surface area contributed by atoms with Crippen molar-refractivity contribution in [2.24, 2.45) is 0 Å². The molecule has 1 fully saturated rings. The van der Waals surface area contributed by atoms with Gasteiger partial charge in [0.25, 0.3) is 0 Å². The molecule has 1 saturated heterocycles. The zero-order valence-corrected chi connectivity index (χ0v) is 14.1. The first kappa shape index (κ1) is 15.2. The molecule has 0 atom stereocenters. The second-order valence-electron chi connectivity index (χ2n) is 6.86. The van der Waals surface area contributed by atoms with Gasteiger partial charge in [0, 0.05) is 23.7 Å². The van der Waals surface area contributed by atoms with Gasteiger partial charge in [-0.3, -0.25) is 4.79 Å². The lowest BCUT2D eigenvalue weighted by molar-refractivity contribution is -0.901. The highest BCUT2D eigenvalue weighted by atomic mass is 16.1. The van der Waals surface area contributed by atoms with Crippen molar-refractivity contribution in [1.29, 1.82) is 0 Å². The lowest BCUT2D eigenvalue weighted by Gasteiger charge is -2.16. The summed E-state index contributed by atoms with van der Waals surface area (Å²) in [5.74, 6) is 0. The minimum Gasteiger partial charge on any atom is -0.354 e. The van der Waals surface area contributed by atoms with Crippen LogP contribution < -0.4 is 10.3 Å². The van der Waals surface area contributed by atoms with Gasteiger partial charge in [0.1, 0.15) is 6.54 Å². The average Bonchev–Trinajstić information content (AvgIpc) is 3.12. The van der Waals surface area contributed by atoms with E-state index >= 15 is 0 Å². The van der Waals surface area contributed by atoms with E-state index in [-0.39, 0.29) is 5.43 Å². The fourth-order valence-corrected chi connectivity index (χ4v) is 3.76. The molecule has 0 aliphatic carbocycles. The minimum absolute atomic E-state index is 0.186. The zero-order valence-electron chi connectivity index (χ0n) is 14.1. The highest BCUT2D eigenvalue weighted by molar-refractivity contribution is 5.83. The second kappa shape index (κ2) is 6.25. The van der Waals surface area contributed by atoms with Crippen LogP contribution in [0.3, 0.4) is 0 Å². The van der Waals surface area contributed by atoms with Gasteiger partial charge in [0.2, 0.25) is 0 Å². The van der Waals surface area contributed by atoms with Gasteiger partial charge in [-0.15, -0.1) is 0 Å². The SMILES string of the molecule is Cc1ccc2[nH]c(-c3ccccc3)c(C[NH+]3CCCC3)c(=O)c2c1. The third-order valence-corrected chi connectivity index (χ3v) is 5.06. The monoisotopic (exact) mass is 319 g/mol. The van der Waals surface area contributed by atoms with Crippen LogP contribution in [0.5, 0.6) is 0 Å². The highest BCUT2D eigenvalue weighted by Gasteiger charge is 2.21. The number of pyridine rings is 1. The van der Waals surface area contributed by atoms with Gasteiger partial charge in [0.05, 0.1) is 24.3 Å². The molecule has 122 valence electrons. The molecule has 3 nitrogen and oxygen atoms in total. The van der Waals surface area contributed by atoms with Gasteiger partial charge in [0.15, 0.2) is 5.43 Å². The van der Waals surface area contributed by atoms with Gasteiger partial charge in [-0.25, -0.2) is 0 Å². The molecule has 3 heteroatoms. The molecule has 1 aliphatic rings. The Hall–Kier alpha value is -2.39. The van der Waals surface area contributed by atoms with Gasteiger partial charge in [-0.1, -0.05) is 42.0 Å². The van der Waals surface area contributed by atoms with Gasteiger partial charge < -0.3 is 9.88 Å². The van der Waals surface area contributed by atoms with E-state index < -0.39 is 0 Å². The molecule has 2 aromatic carbocycles. The van der Waals surface area contributed by atoms with Crippen LogP contribution in [0, 0.1) is 6.92 Å². The van der Waals surface area contributed by atoms with Crippen molar-refractivity contribution < 1.29 is 4.90 Å². The number of nitrogens with one attached hydrogen (secondary N) is 2. The van der Waals surface area contributed by atoms with E-state index in [4.69, 9.17) is 0 Å². The van der Waals surface area contributed by atoms with Crippen molar-refractivity contribution >= 4 is 10.9 Å². The molecule has 1 aliphatic heterocycles. The van der Waals surface area contributed by atoms with Crippen LogP contribution in [0.4, 0.5) is 0 Å². The first-order valence-corrected chi connectivity index (χ1v) is 8.77. The van der Waals surface area contributed by atoms with E-state index in [2.05, 4.69) is 23.2 Å². The van der Waals surface area contributed by atoms with E-state index in [9.17, 15) is 4.79 Å². The Bertz CT molecular complexity index is 922. The Morgan fingerprint density at radius 2 is 1.79 bits per heavy atom. The third kappa shape index (κ3) is 2.76. The normalized spacial score (nSPS) is 15.2. The number of aromatic amines is 1. The summed E-state index contributed by atoms with van der Waals surface area (Å²) in [6.07, 6.45) is 2.53. The van der Waals surface area contributed by atoms with E-state index in [1.165, 1.54) is 30.8 Å². The molecule has 3 aromatic rings. The van der Waals surface area contributed by atoms with Crippen LogP contribution in [0.1, 0.15) is 24.0 Å². The summed E-state index contributed by atoms with van der Waals surface area (Å²) in [5.41, 5.74) is 5.23. The summed E-state index contributed by atoms with van der Waals surface area (Å²) < 4.78 is 0. The van der Waals surface area contributed by atoms with Crippen LogP contribution in [-0.2, 0) is 6.54 Å². The molecule has 0 bridgehead atoms. The molecule has 2 heterocycles. The van der Waals surface area contributed by atoms with E-state index in [0.29, 0.717) is 0 Å². The van der Waals surface area contributed by atoms with Crippen LogP contribution in [0.2, 0.25) is 0 Å². The van der Waals surface area contributed by atoms with Crippen LogP contribution >= 0.6 is 0 Å². The summed E-state index contributed by atoms with van der Waals surface area (Å²) in [5, 5.41) is 0.809. The Kier molecular flexibility index (Phi) is 3.95. The van der Waals surface area contributed by atoms with E-state index in [0.717, 1.165) is 39.8 Å². The van der Waals surface area contributed by atoms with Gasteiger partial charge in [-0.05, 0) is 24.6 Å². The number of rotatable bonds is 3. The molecule has 0 saturated carbocycles. The third-order valence-electron chi connectivity index (χ3n) is 5.06. The smallest absolute Gasteiger partial charge is 0.198 e. The molecule has 0 spiro atoms. The highest BCUT2D eigenvalue weighted by Crippen LogP contribution is 2.22. The average molecular weight is 319 g/mol. The number of H-pyrrole nitrogens is 1. The predicted octanol–water partition coefficient (Wildman–Crippen LogP) is 2.68. The number of aryl methyl sites for hydroxylation is 1. The van der Waals surface area contributed by atoms with Crippen molar-refractivity contribution in [2.75, 3.05) is 13.1 Å². The van der Waals surface area contributed by atoms with Crippen molar-refractivity contribution in [3.8, 4) is 11.3 Å². The van der Waals surface area contributed by atoms with Crippen LogP contribution in [0.25, 0.3) is 22.2 Å². The zero-order chi connectivity index (χ0) is 16.5. The van der Waals surface area contributed by atoms with E-state index in [1.54, 1.807) is 0 Å². The summed E-state index contributed by atoms with van der Waals surface area (Å²) in [4.78, 5) is 18.3. The first-order chi connectivity index (χ1) is 11.7. The van der Waals surface area contributed by atoms with E-state index in [1.807, 2.05) is 37.3 Å². The molecule has 0 amide bonds. The van der Waals surface area contributed by atoms with Gasteiger partial charge in [-0.2, -0.15) is 0 Å². The minimum atomic E-state index is 0.186. The fourth-order valence-electron chi connectivity index (χ4n) is 3.76. The summed E-state index contributed by atoms with van der Waals surface area (Å²) in [6, 6.07) is 16.3. The Labute approximate surface area is 141 Å². The van der Waals surface area contributed by atoms with Crippen molar-refractivity contribution in [3.05, 3.63) is 69.9 Å². The Morgan fingerprint density at radius 3 is 2.54 bits per heavy atom. The molecular formula is C21H23N2O+. The number of hydrogen-bond acceptors (Lipinski definition) is 1. The fraction of sp³-hybridized carbons (Fsp3) is 0.286. The molecule has 1 aromatic heterocycles.